The van der Waals surface area contributed by atoms with Gasteiger partial charge < -0.3 is 15.7 Å². The first-order valence-corrected chi connectivity index (χ1v) is 6.33. The maximum atomic E-state index is 11.6. The Morgan fingerprint density at radius 3 is 2.50 bits per heavy atom. The molecule has 2 amide bonds. The van der Waals surface area contributed by atoms with Gasteiger partial charge in [-0.2, -0.15) is 5.26 Å². The summed E-state index contributed by atoms with van der Waals surface area (Å²) in [5.41, 5.74) is 1.38. The lowest BCUT2D eigenvalue weighted by molar-refractivity contribution is -0.139. The Balaban J connectivity index is 2.46. The minimum atomic E-state index is -1.04. The molecule has 0 unspecified atom stereocenters. The Bertz CT molecular complexity index is 505. The fourth-order valence-corrected chi connectivity index (χ4v) is 1.63. The van der Waals surface area contributed by atoms with Crippen LogP contribution in [0, 0.1) is 11.3 Å². The molecule has 0 aliphatic rings. The van der Waals surface area contributed by atoms with Crippen molar-refractivity contribution in [3.8, 4) is 6.07 Å². The predicted octanol–water partition coefficient (Wildman–Crippen LogP) is 1.61. The smallest absolute Gasteiger partial charge is 0.326 e. The monoisotopic (exact) mass is 275 g/mol. The molecule has 1 aromatic rings. The summed E-state index contributed by atoms with van der Waals surface area (Å²) in [7, 11) is 0. The van der Waals surface area contributed by atoms with Crippen LogP contribution in [0.4, 0.5) is 4.79 Å². The number of carbonyl (C=O) groups excluding carboxylic acids is 1. The second kappa shape index (κ2) is 7.79. The highest BCUT2D eigenvalue weighted by Gasteiger charge is 2.18. The summed E-state index contributed by atoms with van der Waals surface area (Å²) >= 11 is 0. The molecule has 0 spiro atoms. The molecule has 0 aromatic heterocycles. The number of carboxylic acids is 1. The zero-order chi connectivity index (χ0) is 15.0. The Labute approximate surface area is 117 Å². The van der Waals surface area contributed by atoms with E-state index in [9.17, 15) is 9.59 Å². The van der Waals surface area contributed by atoms with Crippen molar-refractivity contribution in [3.05, 3.63) is 35.4 Å². The Kier molecular flexibility index (Phi) is 6.04. The average Bonchev–Trinajstić information content (AvgIpc) is 2.45. The van der Waals surface area contributed by atoms with Crippen LogP contribution >= 0.6 is 0 Å². The van der Waals surface area contributed by atoms with Gasteiger partial charge in [0.1, 0.15) is 6.04 Å². The standard InChI is InChI=1S/C14H17N3O3/c1-2-3-12(13(18)19)17-14(20)16-9-11-6-4-10(8-15)5-7-11/h4-7,12H,2-3,9H2,1H3,(H,18,19)(H2,16,17,20)/t12-/m1/s1. The van der Waals surface area contributed by atoms with Crippen molar-refractivity contribution in [2.45, 2.75) is 32.4 Å². The third-order valence-electron chi connectivity index (χ3n) is 2.72. The van der Waals surface area contributed by atoms with Crippen molar-refractivity contribution in [2.75, 3.05) is 0 Å². The summed E-state index contributed by atoms with van der Waals surface area (Å²) in [6.07, 6.45) is 1.06. The fraction of sp³-hybridized carbons (Fsp3) is 0.357. The van der Waals surface area contributed by atoms with E-state index in [2.05, 4.69) is 10.6 Å². The lowest BCUT2D eigenvalue weighted by atomic mass is 10.1. The van der Waals surface area contributed by atoms with Crippen molar-refractivity contribution in [2.24, 2.45) is 0 Å². The fourth-order valence-electron chi connectivity index (χ4n) is 1.63. The third-order valence-corrected chi connectivity index (χ3v) is 2.72. The molecule has 0 aliphatic carbocycles. The molecule has 20 heavy (non-hydrogen) atoms. The molecule has 0 saturated heterocycles. The van der Waals surface area contributed by atoms with E-state index in [4.69, 9.17) is 10.4 Å². The van der Waals surface area contributed by atoms with Gasteiger partial charge in [0.05, 0.1) is 11.6 Å². The van der Waals surface area contributed by atoms with E-state index in [0.717, 1.165) is 5.56 Å². The van der Waals surface area contributed by atoms with Gasteiger partial charge >= 0.3 is 12.0 Å². The second-order valence-corrected chi connectivity index (χ2v) is 4.32. The Hall–Kier alpha value is -2.55. The molecule has 0 radical (unpaired) electrons. The maximum absolute atomic E-state index is 11.6. The summed E-state index contributed by atoms with van der Waals surface area (Å²) in [5, 5.41) is 22.6. The highest BCUT2D eigenvalue weighted by molar-refractivity contribution is 5.82. The molecule has 0 aliphatic heterocycles. The van der Waals surface area contributed by atoms with Gasteiger partial charge in [-0.3, -0.25) is 0 Å². The molecule has 0 fully saturated rings. The number of hydrogen-bond acceptors (Lipinski definition) is 3. The summed E-state index contributed by atoms with van der Waals surface area (Å²) in [5.74, 6) is -1.04. The van der Waals surface area contributed by atoms with E-state index >= 15 is 0 Å². The first-order chi connectivity index (χ1) is 9.56. The zero-order valence-electron chi connectivity index (χ0n) is 11.2. The van der Waals surface area contributed by atoms with Crippen LogP contribution in [0.25, 0.3) is 0 Å². The molecule has 6 nitrogen and oxygen atoms in total. The largest absolute Gasteiger partial charge is 0.480 e. The number of rotatable bonds is 6. The summed E-state index contributed by atoms with van der Waals surface area (Å²) in [4.78, 5) is 22.5. The number of aliphatic carboxylic acids is 1. The van der Waals surface area contributed by atoms with Gasteiger partial charge in [0.2, 0.25) is 0 Å². The van der Waals surface area contributed by atoms with Gasteiger partial charge in [-0.15, -0.1) is 0 Å². The Morgan fingerprint density at radius 2 is 2.00 bits per heavy atom. The van der Waals surface area contributed by atoms with Crippen molar-refractivity contribution in [1.29, 1.82) is 5.26 Å². The third kappa shape index (κ3) is 4.98. The highest BCUT2D eigenvalue weighted by Crippen LogP contribution is 2.03. The maximum Gasteiger partial charge on any atom is 0.326 e. The van der Waals surface area contributed by atoms with Crippen LogP contribution in [0.15, 0.2) is 24.3 Å². The van der Waals surface area contributed by atoms with Gasteiger partial charge in [-0.05, 0) is 24.1 Å². The first-order valence-electron chi connectivity index (χ1n) is 6.33. The number of nitrogens with one attached hydrogen (secondary N) is 2. The second-order valence-electron chi connectivity index (χ2n) is 4.32. The van der Waals surface area contributed by atoms with Gasteiger partial charge in [0.25, 0.3) is 0 Å². The zero-order valence-corrected chi connectivity index (χ0v) is 11.2. The molecule has 0 saturated carbocycles. The lowest BCUT2D eigenvalue weighted by Crippen LogP contribution is -2.45. The Morgan fingerprint density at radius 1 is 1.35 bits per heavy atom. The summed E-state index contributed by atoms with van der Waals surface area (Å²) in [6.45, 7) is 2.13. The highest BCUT2D eigenvalue weighted by atomic mass is 16.4. The quantitative estimate of drug-likeness (QED) is 0.734. The van der Waals surface area contributed by atoms with E-state index < -0.39 is 18.0 Å². The van der Waals surface area contributed by atoms with Crippen LogP contribution in [0.5, 0.6) is 0 Å². The van der Waals surface area contributed by atoms with E-state index in [1.807, 2.05) is 13.0 Å². The molecule has 1 aromatic carbocycles. The van der Waals surface area contributed by atoms with Crippen LogP contribution in [-0.2, 0) is 11.3 Å². The molecular weight excluding hydrogens is 258 g/mol. The van der Waals surface area contributed by atoms with Gasteiger partial charge in [-0.1, -0.05) is 25.5 Å². The first kappa shape index (κ1) is 15.5. The van der Waals surface area contributed by atoms with Crippen molar-refractivity contribution in [3.63, 3.8) is 0 Å². The van der Waals surface area contributed by atoms with Crippen LogP contribution in [0.1, 0.15) is 30.9 Å². The van der Waals surface area contributed by atoms with E-state index in [-0.39, 0.29) is 6.54 Å². The molecule has 1 atom stereocenters. The van der Waals surface area contributed by atoms with Crippen molar-refractivity contribution in [1.82, 2.24) is 10.6 Å². The number of urea groups is 1. The number of carboxylic acid groups (broad SMARTS) is 1. The average molecular weight is 275 g/mol. The van der Waals surface area contributed by atoms with E-state index in [1.54, 1.807) is 24.3 Å². The molecule has 0 heterocycles. The number of benzene rings is 1. The van der Waals surface area contributed by atoms with E-state index in [1.165, 1.54) is 0 Å². The molecule has 1 rings (SSSR count). The normalized spacial score (nSPS) is 11.2. The predicted molar refractivity (Wildman–Crippen MR) is 72.9 cm³/mol. The molecule has 0 bridgehead atoms. The number of amides is 2. The van der Waals surface area contributed by atoms with Crippen LogP contribution in [-0.4, -0.2) is 23.1 Å². The van der Waals surface area contributed by atoms with Crippen LogP contribution in [0.2, 0.25) is 0 Å². The van der Waals surface area contributed by atoms with E-state index in [0.29, 0.717) is 18.4 Å². The number of carbonyl (C=O) groups is 2. The van der Waals surface area contributed by atoms with Crippen LogP contribution < -0.4 is 10.6 Å². The topological polar surface area (TPSA) is 102 Å². The number of nitrogens with zero attached hydrogens (tertiary/aromatic N) is 1. The molecule has 3 N–H and O–H groups in total. The van der Waals surface area contributed by atoms with Crippen molar-refractivity contribution >= 4 is 12.0 Å². The minimum absolute atomic E-state index is 0.274. The van der Waals surface area contributed by atoms with Gasteiger partial charge in [0.15, 0.2) is 0 Å². The number of nitriles is 1. The SMILES string of the molecule is CCC[C@@H](NC(=O)NCc1ccc(C#N)cc1)C(=O)O. The van der Waals surface area contributed by atoms with Gasteiger partial charge in [0, 0.05) is 6.54 Å². The minimum Gasteiger partial charge on any atom is -0.480 e. The lowest BCUT2D eigenvalue weighted by Gasteiger charge is -2.14. The molecular formula is C14H17N3O3. The molecule has 106 valence electrons. The summed E-state index contributed by atoms with van der Waals surface area (Å²) in [6, 6.07) is 7.40. The molecule has 6 heteroatoms. The number of hydrogen-bond donors (Lipinski definition) is 3. The summed E-state index contributed by atoms with van der Waals surface area (Å²) < 4.78 is 0. The van der Waals surface area contributed by atoms with Crippen LogP contribution in [0.3, 0.4) is 0 Å². The van der Waals surface area contributed by atoms with Crippen molar-refractivity contribution < 1.29 is 14.7 Å². The van der Waals surface area contributed by atoms with Gasteiger partial charge in [-0.25, -0.2) is 9.59 Å².